The van der Waals surface area contributed by atoms with Crippen LogP contribution in [0.15, 0.2) is 98.7 Å². The molecule has 0 aliphatic heterocycles. The highest BCUT2D eigenvalue weighted by Crippen LogP contribution is 2.25. The fourth-order valence-electron chi connectivity index (χ4n) is 2.72. The van der Waals surface area contributed by atoms with Crippen LogP contribution in [0.3, 0.4) is 0 Å². The molecule has 0 spiro atoms. The Morgan fingerprint density at radius 2 is 1.48 bits per heavy atom. The summed E-state index contributed by atoms with van der Waals surface area (Å²) in [5.74, 6) is 0.633. The van der Waals surface area contributed by atoms with Gasteiger partial charge < -0.3 is 0 Å². The van der Waals surface area contributed by atoms with Gasteiger partial charge in [0.1, 0.15) is 0 Å². The molecule has 188 valence electrons. The highest BCUT2D eigenvalue weighted by molar-refractivity contribution is 5.33. The highest BCUT2D eigenvalue weighted by Gasteiger charge is 2.15. The summed E-state index contributed by atoms with van der Waals surface area (Å²) < 4.78 is 0. The summed E-state index contributed by atoms with van der Waals surface area (Å²) in [4.78, 5) is 0. The van der Waals surface area contributed by atoms with Crippen molar-refractivity contribution in [3.63, 3.8) is 0 Å². The van der Waals surface area contributed by atoms with E-state index in [1.54, 1.807) is 0 Å². The van der Waals surface area contributed by atoms with Crippen LogP contribution >= 0.6 is 0 Å². The molecule has 0 amide bonds. The molecular formula is C33H56. The number of aryl methyl sites for hydroxylation is 1. The van der Waals surface area contributed by atoms with Crippen molar-refractivity contribution in [1.82, 2.24) is 0 Å². The van der Waals surface area contributed by atoms with E-state index >= 15 is 0 Å². The topological polar surface area (TPSA) is 0 Å². The Balaban J connectivity index is -0.000000411. The molecule has 0 N–H and O–H groups in total. The highest BCUT2D eigenvalue weighted by atomic mass is 14.2. The fraction of sp³-hybridized carbons (Fsp3) is 0.455. The van der Waals surface area contributed by atoms with Crippen LogP contribution in [0.4, 0.5) is 0 Å². The molecule has 1 atom stereocenters. The fourth-order valence-corrected chi connectivity index (χ4v) is 2.72. The molecule has 1 aromatic carbocycles. The average molecular weight is 453 g/mol. The molecule has 0 radical (unpaired) electrons. The number of hydrogen-bond donors (Lipinski definition) is 0. The second-order valence-corrected chi connectivity index (χ2v) is 8.03. The second kappa shape index (κ2) is 25.9. The van der Waals surface area contributed by atoms with Crippen molar-refractivity contribution in [3.05, 3.63) is 110 Å². The third-order valence-corrected chi connectivity index (χ3v) is 4.63. The quantitative estimate of drug-likeness (QED) is 0.244. The van der Waals surface area contributed by atoms with E-state index in [-0.39, 0.29) is 12.8 Å². The SMILES string of the molecule is C.C=C.C=CCC.C=CCC(C)CC(/C=C\CC)=C/C=C/C(C)(C)c1ccc(C)cc1.CC. The van der Waals surface area contributed by atoms with Crippen molar-refractivity contribution < 1.29 is 0 Å². The molecule has 0 saturated heterocycles. The van der Waals surface area contributed by atoms with E-state index in [2.05, 4.69) is 123 Å². The molecule has 0 aliphatic rings. The summed E-state index contributed by atoms with van der Waals surface area (Å²) >= 11 is 0. The first-order chi connectivity index (χ1) is 15.3. The molecule has 1 aromatic rings. The van der Waals surface area contributed by atoms with E-state index in [1.807, 2.05) is 26.0 Å². The lowest BCUT2D eigenvalue weighted by molar-refractivity contribution is 0.592. The zero-order valence-corrected chi connectivity index (χ0v) is 22.6. The van der Waals surface area contributed by atoms with E-state index in [0.717, 1.165) is 25.7 Å². The molecule has 0 fully saturated rings. The Labute approximate surface area is 209 Å². The second-order valence-electron chi connectivity index (χ2n) is 8.03. The van der Waals surface area contributed by atoms with Crippen LogP contribution in [0.1, 0.15) is 92.7 Å². The lowest BCUT2D eigenvalue weighted by Crippen LogP contribution is -2.13. The number of hydrogen-bond acceptors (Lipinski definition) is 0. The summed E-state index contributed by atoms with van der Waals surface area (Å²) in [6, 6.07) is 8.83. The predicted octanol–water partition coefficient (Wildman–Crippen LogP) is 11.4. The zero-order chi connectivity index (χ0) is 25.4. The molecule has 0 aliphatic carbocycles. The van der Waals surface area contributed by atoms with E-state index in [9.17, 15) is 0 Å². The van der Waals surface area contributed by atoms with Crippen molar-refractivity contribution in [1.29, 1.82) is 0 Å². The summed E-state index contributed by atoms with van der Waals surface area (Å²) in [6.45, 7) is 30.5. The molecule has 1 rings (SSSR count). The summed E-state index contributed by atoms with van der Waals surface area (Å²) in [6.07, 6.45) is 19.5. The maximum atomic E-state index is 3.85. The van der Waals surface area contributed by atoms with Crippen LogP contribution in [0, 0.1) is 12.8 Å². The Kier molecular flexibility index (Phi) is 29.8. The number of benzene rings is 1. The molecule has 0 heterocycles. The molecule has 0 bridgehead atoms. The number of allylic oxidation sites excluding steroid dienone is 8. The van der Waals surface area contributed by atoms with E-state index < -0.39 is 0 Å². The minimum atomic E-state index is 0. The van der Waals surface area contributed by atoms with Gasteiger partial charge in [-0.25, -0.2) is 0 Å². The Hall–Kier alpha value is -2.34. The Bertz CT molecular complexity index is 650. The van der Waals surface area contributed by atoms with Gasteiger partial charge in [0.2, 0.25) is 0 Å². The van der Waals surface area contributed by atoms with Crippen molar-refractivity contribution in [2.24, 2.45) is 5.92 Å². The first kappa shape index (κ1) is 37.9. The molecule has 1 unspecified atom stereocenters. The minimum absolute atomic E-state index is 0. The molecule has 0 aromatic heterocycles. The van der Waals surface area contributed by atoms with Gasteiger partial charge in [-0.15, -0.1) is 26.3 Å². The van der Waals surface area contributed by atoms with Gasteiger partial charge in [-0.1, -0.05) is 128 Å². The summed E-state index contributed by atoms with van der Waals surface area (Å²) in [5, 5.41) is 0. The van der Waals surface area contributed by atoms with Crippen LogP contribution < -0.4 is 0 Å². The maximum absolute atomic E-state index is 3.85. The van der Waals surface area contributed by atoms with Crippen molar-refractivity contribution in [2.75, 3.05) is 0 Å². The third kappa shape index (κ3) is 21.3. The van der Waals surface area contributed by atoms with Crippen LogP contribution in [-0.2, 0) is 5.41 Å². The largest absolute Gasteiger partial charge is 0.106 e. The summed E-state index contributed by atoms with van der Waals surface area (Å²) in [7, 11) is 0. The maximum Gasteiger partial charge on any atom is 0.00784 e. The predicted molar refractivity (Wildman–Crippen MR) is 159 cm³/mol. The van der Waals surface area contributed by atoms with Gasteiger partial charge in [0.15, 0.2) is 0 Å². The van der Waals surface area contributed by atoms with Gasteiger partial charge in [-0.3, -0.25) is 0 Å². The Morgan fingerprint density at radius 1 is 0.970 bits per heavy atom. The lowest BCUT2D eigenvalue weighted by atomic mass is 9.84. The van der Waals surface area contributed by atoms with E-state index in [1.165, 1.54) is 16.7 Å². The summed E-state index contributed by atoms with van der Waals surface area (Å²) in [5.41, 5.74) is 4.09. The monoisotopic (exact) mass is 452 g/mol. The van der Waals surface area contributed by atoms with Crippen molar-refractivity contribution in [2.45, 2.75) is 93.9 Å². The molecule has 0 heteroatoms. The van der Waals surface area contributed by atoms with Crippen LogP contribution in [-0.4, -0.2) is 0 Å². The Morgan fingerprint density at radius 3 is 1.91 bits per heavy atom. The molecule has 33 heavy (non-hydrogen) atoms. The molecular weight excluding hydrogens is 396 g/mol. The molecule has 0 nitrogen and oxygen atoms in total. The van der Waals surface area contributed by atoms with Gasteiger partial charge in [-0.05, 0) is 49.7 Å². The van der Waals surface area contributed by atoms with Gasteiger partial charge in [0, 0.05) is 5.41 Å². The average Bonchev–Trinajstić information content (AvgIpc) is 2.80. The number of rotatable bonds is 10. The van der Waals surface area contributed by atoms with E-state index in [4.69, 9.17) is 0 Å². The van der Waals surface area contributed by atoms with Crippen LogP contribution in [0.2, 0.25) is 0 Å². The first-order valence-corrected chi connectivity index (χ1v) is 12.1. The first-order valence-electron chi connectivity index (χ1n) is 12.1. The van der Waals surface area contributed by atoms with Gasteiger partial charge in [0.05, 0.1) is 0 Å². The minimum Gasteiger partial charge on any atom is -0.106 e. The van der Waals surface area contributed by atoms with Crippen LogP contribution in [0.25, 0.3) is 0 Å². The standard InChI is InChI=1S/C24H34.C4H8.C2H6.C2H4.CH4/c1-7-9-12-22(19-21(4)11-8-2)13-10-18-24(5,6)23-16-14-20(3)15-17-23;1-3-4-2;2*1-2;/h8-10,12-18,21H,2,7,11,19H2,1,3-6H3;3H,1,4H2,2H3;1-2H3;1-2H2;1H4/b12-9-,18-10+,22-13+;;;;. The van der Waals surface area contributed by atoms with Crippen LogP contribution in [0.5, 0.6) is 0 Å². The van der Waals surface area contributed by atoms with Gasteiger partial charge in [-0.2, -0.15) is 0 Å². The van der Waals surface area contributed by atoms with Crippen molar-refractivity contribution >= 4 is 0 Å². The third-order valence-electron chi connectivity index (χ3n) is 4.63. The molecule has 0 saturated carbocycles. The zero-order valence-electron chi connectivity index (χ0n) is 22.6. The van der Waals surface area contributed by atoms with Crippen molar-refractivity contribution in [3.8, 4) is 0 Å². The van der Waals surface area contributed by atoms with Gasteiger partial charge >= 0.3 is 0 Å². The normalized spacial score (nSPS) is 11.6. The van der Waals surface area contributed by atoms with Gasteiger partial charge in [0.25, 0.3) is 0 Å². The lowest BCUT2D eigenvalue weighted by Gasteiger charge is -2.21. The smallest absolute Gasteiger partial charge is 0.00784 e. The van der Waals surface area contributed by atoms with E-state index in [0.29, 0.717) is 5.92 Å².